The summed E-state index contributed by atoms with van der Waals surface area (Å²) in [5.41, 5.74) is 4.26. The summed E-state index contributed by atoms with van der Waals surface area (Å²) >= 11 is 0. The summed E-state index contributed by atoms with van der Waals surface area (Å²) in [6, 6.07) is 26.5. The molecule has 3 heteroatoms. The van der Waals surface area contributed by atoms with Gasteiger partial charge < -0.3 is 5.11 Å². The van der Waals surface area contributed by atoms with Gasteiger partial charge in [0.15, 0.2) is 0 Å². The van der Waals surface area contributed by atoms with Crippen LogP contribution in [-0.2, 0) is 5.41 Å². The first kappa shape index (κ1) is 18.8. The first-order chi connectivity index (χ1) is 14.3. The molecule has 1 aliphatic heterocycles. The maximum absolute atomic E-state index is 14.1. The van der Waals surface area contributed by atoms with Gasteiger partial charge >= 0.3 is 0 Å². The second-order valence-corrected chi connectivity index (χ2v) is 9.11. The van der Waals surface area contributed by atoms with Gasteiger partial charge in [-0.05, 0) is 44.4 Å². The van der Waals surface area contributed by atoms with Crippen LogP contribution in [0.4, 0.5) is 0 Å². The molecule has 4 aromatic rings. The van der Waals surface area contributed by atoms with Crippen LogP contribution in [0.5, 0.6) is 0 Å². The van der Waals surface area contributed by atoms with Crippen LogP contribution in [0.25, 0.3) is 33.3 Å². The third-order valence-corrected chi connectivity index (χ3v) is 6.18. The van der Waals surface area contributed by atoms with E-state index in [9.17, 15) is 9.90 Å². The standard InChI is InChI=1S/C27H25NO2/c1-26(2,30)17-27(3)21-15-9-7-13-19(21)24-23(18-11-5-4-6-12-18)20-14-8-10-16-22(20)28(24)25(27)29/h4-16,30H,17H2,1-3H3/t27-/m1/s1. The molecule has 0 saturated heterocycles. The molecule has 0 amide bonds. The van der Waals surface area contributed by atoms with Crippen LogP contribution in [-0.4, -0.2) is 21.2 Å². The molecule has 1 aromatic heterocycles. The molecule has 0 unspecified atom stereocenters. The zero-order valence-electron chi connectivity index (χ0n) is 17.5. The molecular formula is C27H25NO2. The molecule has 3 aromatic carbocycles. The normalized spacial score (nSPS) is 18.3. The highest BCUT2D eigenvalue weighted by Gasteiger charge is 2.47. The Balaban J connectivity index is 1.92. The molecule has 3 nitrogen and oxygen atoms in total. The Bertz CT molecular complexity index is 1280. The SMILES string of the molecule is CC(C)(O)C[C@@]1(C)C(=O)n2c(c(-c3ccccc3)c3ccccc32)-c2ccccc21. The van der Waals surface area contributed by atoms with Crippen molar-refractivity contribution < 1.29 is 9.90 Å². The lowest BCUT2D eigenvalue weighted by Crippen LogP contribution is -2.45. The van der Waals surface area contributed by atoms with Crippen molar-refractivity contribution in [3.8, 4) is 22.4 Å². The third kappa shape index (κ3) is 2.66. The molecule has 1 atom stereocenters. The molecule has 0 radical (unpaired) electrons. The summed E-state index contributed by atoms with van der Waals surface area (Å²) < 4.78 is 1.88. The number of rotatable bonds is 3. The smallest absolute Gasteiger partial charge is 0.242 e. The molecule has 0 aliphatic carbocycles. The van der Waals surface area contributed by atoms with E-state index in [1.165, 1.54) is 0 Å². The number of carbonyl (C=O) groups is 1. The molecule has 1 N–H and O–H groups in total. The molecular weight excluding hydrogens is 370 g/mol. The Morgan fingerprint density at radius 2 is 1.53 bits per heavy atom. The molecule has 0 fully saturated rings. The summed E-state index contributed by atoms with van der Waals surface area (Å²) in [5, 5.41) is 11.7. The molecule has 0 bridgehead atoms. The largest absolute Gasteiger partial charge is 0.390 e. The van der Waals surface area contributed by atoms with Gasteiger partial charge in [0.05, 0.1) is 22.2 Å². The molecule has 0 saturated carbocycles. The highest BCUT2D eigenvalue weighted by molar-refractivity contribution is 6.14. The maximum atomic E-state index is 14.1. The van der Waals surface area contributed by atoms with Crippen LogP contribution < -0.4 is 0 Å². The first-order valence-electron chi connectivity index (χ1n) is 10.4. The fourth-order valence-corrected chi connectivity index (χ4v) is 5.17. The van der Waals surface area contributed by atoms with Gasteiger partial charge in [-0.3, -0.25) is 9.36 Å². The van der Waals surface area contributed by atoms with Gasteiger partial charge in [0.25, 0.3) is 0 Å². The van der Waals surface area contributed by atoms with E-state index in [1.807, 2.05) is 66.1 Å². The molecule has 0 spiro atoms. The number of hydrogen-bond acceptors (Lipinski definition) is 2. The van der Waals surface area contributed by atoms with Crippen molar-refractivity contribution in [1.29, 1.82) is 0 Å². The molecule has 150 valence electrons. The molecule has 5 rings (SSSR count). The number of aromatic nitrogens is 1. The van der Waals surface area contributed by atoms with Gasteiger partial charge in [-0.15, -0.1) is 0 Å². The van der Waals surface area contributed by atoms with Crippen molar-refractivity contribution >= 4 is 16.8 Å². The summed E-state index contributed by atoms with van der Waals surface area (Å²) in [5.74, 6) is 0.0108. The van der Waals surface area contributed by atoms with Crippen molar-refractivity contribution in [3.63, 3.8) is 0 Å². The molecule has 1 aliphatic rings. The Kier molecular flexibility index (Phi) is 4.03. The van der Waals surface area contributed by atoms with Crippen LogP contribution >= 0.6 is 0 Å². The lowest BCUT2D eigenvalue weighted by molar-refractivity contribution is 0.0378. The lowest BCUT2D eigenvalue weighted by Gasteiger charge is -2.39. The number of hydrogen-bond donors (Lipinski definition) is 1. The van der Waals surface area contributed by atoms with Gasteiger partial charge in [-0.1, -0.05) is 72.8 Å². The molecule has 2 heterocycles. The van der Waals surface area contributed by atoms with E-state index in [2.05, 4.69) is 24.3 Å². The van der Waals surface area contributed by atoms with E-state index in [4.69, 9.17) is 0 Å². The first-order valence-corrected chi connectivity index (χ1v) is 10.4. The zero-order valence-corrected chi connectivity index (χ0v) is 17.5. The fourth-order valence-electron chi connectivity index (χ4n) is 5.17. The average Bonchev–Trinajstić information content (AvgIpc) is 3.07. The highest BCUT2D eigenvalue weighted by atomic mass is 16.3. The second kappa shape index (κ2) is 6.41. The Hall–Kier alpha value is -3.17. The fraction of sp³-hybridized carbons (Fsp3) is 0.222. The minimum absolute atomic E-state index is 0.0108. The summed E-state index contributed by atoms with van der Waals surface area (Å²) in [7, 11) is 0. The van der Waals surface area contributed by atoms with E-state index in [0.717, 1.165) is 38.9 Å². The van der Waals surface area contributed by atoms with E-state index in [1.54, 1.807) is 13.8 Å². The number of aliphatic hydroxyl groups is 1. The van der Waals surface area contributed by atoms with Crippen molar-refractivity contribution in [2.75, 3.05) is 0 Å². The van der Waals surface area contributed by atoms with E-state index in [-0.39, 0.29) is 5.91 Å². The molecule has 30 heavy (non-hydrogen) atoms. The Labute approximate surface area is 176 Å². The average molecular weight is 396 g/mol. The van der Waals surface area contributed by atoms with Crippen molar-refractivity contribution in [2.24, 2.45) is 0 Å². The predicted octanol–water partition coefficient (Wildman–Crippen LogP) is 6.05. The van der Waals surface area contributed by atoms with Crippen molar-refractivity contribution in [3.05, 3.63) is 84.4 Å². The highest BCUT2D eigenvalue weighted by Crippen LogP contribution is 2.50. The van der Waals surface area contributed by atoms with Gasteiger partial charge in [-0.2, -0.15) is 0 Å². The van der Waals surface area contributed by atoms with Crippen LogP contribution in [0.2, 0.25) is 0 Å². The second-order valence-electron chi connectivity index (χ2n) is 9.11. The minimum atomic E-state index is -0.972. The van der Waals surface area contributed by atoms with Crippen molar-refractivity contribution in [1.82, 2.24) is 4.57 Å². The Morgan fingerprint density at radius 1 is 0.900 bits per heavy atom. The summed E-state index contributed by atoms with van der Waals surface area (Å²) in [6.45, 7) is 5.51. The van der Waals surface area contributed by atoms with Gasteiger partial charge in [0.1, 0.15) is 0 Å². The number of para-hydroxylation sites is 1. The van der Waals surface area contributed by atoms with E-state index < -0.39 is 11.0 Å². The number of fused-ring (bicyclic) bond motifs is 5. The van der Waals surface area contributed by atoms with Crippen LogP contribution in [0, 0.1) is 0 Å². The van der Waals surface area contributed by atoms with Crippen LogP contribution in [0.3, 0.4) is 0 Å². The number of nitrogens with zero attached hydrogens (tertiary/aromatic N) is 1. The van der Waals surface area contributed by atoms with Crippen LogP contribution in [0.15, 0.2) is 78.9 Å². The quantitative estimate of drug-likeness (QED) is 0.459. The third-order valence-electron chi connectivity index (χ3n) is 6.18. The van der Waals surface area contributed by atoms with E-state index in [0.29, 0.717) is 6.42 Å². The zero-order chi connectivity index (χ0) is 21.1. The maximum Gasteiger partial charge on any atom is 0.242 e. The van der Waals surface area contributed by atoms with E-state index >= 15 is 0 Å². The van der Waals surface area contributed by atoms with Gasteiger partial charge in [-0.25, -0.2) is 0 Å². The predicted molar refractivity (Wildman–Crippen MR) is 122 cm³/mol. The minimum Gasteiger partial charge on any atom is -0.390 e. The van der Waals surface area contributed by atoms with Gasteiger partial charge in [0, 0.05) is 16.5 Å². The monoisotopic (exact) mass is 395 g/mol. The Morgan fingerprint density at radius 3 is 2.27 bits per heavy atom. The lowest BCUT2D eigenvalue weighted by atomic mass is 9.70. The number of benzene rings is 3. The van der Waals surface area contributed by atoms with Crippen LogP contribution in [0.1, 0.15) is 37.6 Å². The van der Waals surface area contributed by atoms with Crippen molar-refractivity contribution in [2.45, 2.75) is 38.2 Å². The summed E-state index contributed by atoms with van der Waals surface area (Å²) in [6.07, 6.45) is 0.350. The summed E-state index contributed by atoms with van der Waals surface area (Å²) in [4.78, 5) is 14.1. The van der Waals surface area contributed by atoms with Gasteiger partial charge in [0.2, 0.25) is 5.91 Å². The number of carbonyl (C=O) groups excluding carboxylic acids is 1. The topological polar surface area (TPSA) is 42.2 Å².